The van der Waals surface area contributed by atoms with Gasteiger partial charge in [-0.15, -0.1) is 4.36 Å². The fourth-order valence-electron chi connectivity index (χ4n) is 8.32. The highest BCUT2D eigenvalue weighted by atomic mass is 35.5. The number of halogens is 1. The summed E-state index contributed by atoms with van der Waals surface area (Å²) in [7, 11) is -1.60. The van der Waals surface area contributed by atoms with Gasteiger partial charge in [-0.25, -0.2) is 14.2 Å². The number of aliphatic hydroxyl groups is 1. The van der Waals surface area contributed by atoms with E-state index in [4.69, 9.17) is 16.3 Å². The molecule has 2 bridgehead atoms. The van der Waals surface area contributed by atoms with Crippen molar-refractivity contribution in [2.24, 2.45) is 29.2 Å². The number of aromatic nitrogens is 4. The quantitative estimate of drug-likeness (QED) is 0.238. The topological polar surface area (TPSA) is 135 Å². The maximum absolute atomic E-state index is 14.7. The second kappa shape index (κ2) is 13.0. The van der Waals surface area contributed by atoms with E-state index in [9.17, 15) is 14.1 Å². The normalized spacial score (nSPS) is 30.3. The highest BCUT2D eigenvalue weighted by Gasteiger charge is 2.44. The molecule has 11 nitrogen and oxygen atoms in total. The van der Waals surface area contributed by atoms with Gasteiger partial charge in [0.2, 0.25) is 0 Å². The Morgan fingerprint density at radius 3 is 2.88 bits per heavy atom. The predicted octanol–water partition coefficient (Wildman–Crippen LogP) is 6.11. The van der Waals surface area contributed by atoms with Crippen LogP contribution in [0.25, 0.3) is 11.0 Å². The molecule has 6 atom stereocenters. The number of fused-ring (bicyclic) bond motifs is 5. The zero-order valence-corrected chi connectivity index (χ0v) is 29.9. The largest absolute Gasteiger partial charge is 0.490 e. The Hall–Kier alpha value is -4.00. The summed E-state index contributed by atoms with van der Waals surface area (Å²) in [6.45, 7) is 3.88. The molecule has 50 heavy (non-hydrogen) atoms. The molecule has 4 aliphatic rings. The van der Waals surface area contributed by atoms with Crippen molar-refractivity contribution in [3.8, 4) is 5.75 Å². The second-order valence-electron chi connectivity index (χ2n) is 14.6. The average molecular weight is 716 g/mol. The van der Waals surface area contributed by atoms with E-state index in [1.165, 1.54) is 17.5 Å². The fraction of sp³-hybridized carbons (Fsp3) is 0.459. The third-order valence-electron chi connectivity index (χ3n) is 11.0. The van der Waals surface area contributed by atoms with Crippen LogP contribution in [0.15, 0.2) is 65.4 Å². The number of allylic oxidation sites excluding steroid dienone is 1. The van der Waals surface area contributed by atoms with Gasteiger partial charge >= 0.3 is 0 Å². The molecule has 0 radical (unpaired) electrons. The van der Waals surface area contributed by atoms with Crippen LogP contribution >= 0.6 is 11.6 Å². The van der Waals surface area contributed by atoms with Crippen molar-refractivity contribution in [2.45, 2.75) is 57.0 Å². The second-order valence-corrected chi connectivity index (χ2v) is 17.1. The lowest BCUT2D eigenvalue weighted by Crippen LogP contribution is -2.49. The van der Waals surface area contributed by atoms with Gasteiger partial charge in [0.1, 0.15) is 22.0 Å². The molecule has 1 fully saturated rings. The first-order chi connectivity index (χ1) is 24.1. The summed E-state index contributed by atoms with van der Waals surface area (Å²) in [5.74, 6) is 0.792. The molecule has 262 valence electrons. The number of rotatable bonds is 2. The number of carbonyl (C=O) groups is 1. The number of ether oxygens (including phenoxy) is 1. The van der Waals surface area contributed by atoms with Gasteiger partial charge in [0.25, 0.3) is 5.91 Å². The van der Waals surface area contributed by atoms with Gasteiger partial charge < -0.3 is 14.7 Å². The van der Waals surface area contributed by atoms with Crippen LogP contribution in [0, 0.1) is 17.8 Å². The number of anilines is 2. The van der Waals surface area contributed by atoms with Gasteiger partial charge in [-0.2, -0.15) is 5.10 Å². The van der Waals surface area contributed by atoms with Gasteiger partial charge in [-0.3, -0.25) is 14.2 Å². The third-order valence-corrected chi connectivity index (χ3v) is 13.2. The summed E-state index contributed by atoms with van der Waals surface area (Å²) in [4.78, 5) is 25.0. The van der Waals surface area contributed by atoms with Gasteiger partial charge in [-0.1, -0.05) is 36.7 Å². The zero-order chi connectivity index (χ0) is 34.6. The van der Waals surface area contributed by atoms with Crippen molar-refractivity contribution < 1.29 is 18.8 Å². The van der Waals surface area contributed by atoms with Crippen LogP contribution in [-0.4, -0.2) is 66.5 Å². The van der Waals surface area contributed by atoms with Crippen LogP contribution in [0.5, 0.6) is 5.75 Å². The number of carbonyl (C=O) groups excluding carboxylic acids is 1. The molecule has 2 aromatic carbocycles. The van der Waals surface area contributed by atoms with Crippen LogP contribution in [0.2, 0.25) is 5.02 Å². The molecule has 0 saturated heterocycles. The predicted molar refractivity (Wildman–Crippen MR) is 195 cm³/mol. The number of hydrogen-bond acceptors (Lipinski definition) is 8. The number of nitrogens with zero attached hydrogens (tertiary/aromatic N) is 6. The first-order valence-electron chi connectivity index (χ1n) is 17.4. The smallest absolute Gasteiger partial charge is 0.286 e. The minimum absolute atomic E-state index is 0.0864. The Morgan fingerprint density at radius 2 is 2.04 bits per heavy atom. The molecule has 13 heteroatoms. The molecule has 2 aliphatic carbocycles. The van der Waals surface area contributed by atoms with Crippen molar-refractivity contribution in [3.63, 3.8) is 0 Å². The highest BCUT2D eigenvalue weighted by molar-refractivity contribution is 7.95. The maximum atomic E-state index is 14.7. The lowest BCUT2D eigenvalue weighted by molar-refractivity contribution is 0.0456. The minimum Gasteiger partial charge on any atom is -0.490 e. The van der Waals surface area contributed by atoms with E-state index in [2.05, 4.69) is 41.2 Å². The Balaban J connectivity index is 1.22. The molecule has 2 aliphatic heterocycles. The monoisotopic (exact) mass is 715 g/mol. The van der Waals surface area contributed by atoms with Crippen molar-refractivity contribution in [1.29, 1.82) is 0 Å². The molecule has 1 amide bonds. The Bertz CT molecular complexity index is 2130. The van der Waals surface area contributed by atoms with E-state index >= 15 is 0 Å². The fourth-order valence-corrected chi connectivity index (χ4v) is 10.5. The van der Waals surface area contributed by atoms with Crippen molar-refractivity contribution >= 4 is 50.0 Å². The Morgan fingerprint density at radius 1 is 1.16 bits per heavy atom. The van der Waals surface area contributed by atoms with E-state index < -0.39 is 21.9 Å². The average Bonchev–Trinajstić information content (AvgIpc) is 3.38. The Kier molecular flexibility index (Phi) is 8.59. The number of aliphatic hydroxyl groups excluding tert-OH is 1. The zero-order valence-electron chi connectivity index (χ0n) is 28.3. The molecule has 4 aromatic rings. The van der Waals surface area contributed by atoms with Gasteiger partial charge in [0, 0.05) is 42.3 Å². The van der Waals surface area contributed by atoms with E-state index in [0.29, 0.717) is 47.7 Å². The molecule has 8 rings (SSSR count). The summed E-state index contributed by atoms with van der Waals surface area (Å²) in [6, 6.07) is 11.6. The summed E-state index contributed by atoms with van der Waals surface area (Å²) in [6.07, 6.45) is 11.9. The third kappa shape index (κ3) is 6.26. The summed E-state index contributed by atoms with van der Waals surface area (Å²) >= 11 is 6.45. The molecule has 1 saturated carbocycles. The van der Waals surface area contributed by atoms with Gasteiger partial charge in [0.05, 0.1) is 29.5 Å². The first kappa shape index (κ1) is 33.2. The van der Waals surface area contributed by atoms with Crippen LogP contribution < -0.4 is 14.4 Å². The van der Waals surface area contributed by atoms with Crippen LogP contribution in [-0.2, 0) is 28.8 Å². The lowest BCUT2D eigenvalue weighted by Gasteiger charge is -2.45. The number of amides is 1. The molecule has 4 heterocycles. The summed E-state index contributed by atoms with van der Waals surface area (Å²) in [5, 5.41) is 17.0. The number of benzene rings is 2. The standard InChI is InChI=1S/C37H42ClN7O4S/c1-23-5-3-7-32(46)28-11-8-26(28)17-45-20-37(14-4-6-24-15-27(38)10-12-30(24)37)21-49-33-13-9-25(16-31(33)45)36(47)43-50(48,19-23)42-35-29-18-44(2)41-34(29)39-22-40-35/h3,7,9-10,12-13,15-16,18,22-23,26,28,32,46H,4-6,8,11,14,17,19-21H2,1-2H3,(H,39,40,41,42,43,47,48)/b7-3+/t23-,26-,28+,32-,37-,50?/m0/s1. The van der Waals surface area contributed by atoms with Crippen LogP contribution in [0.3, 0.4) is 0 Å². The maximum Gasteiger partial charge on any atom is 0.286 e. The number of aryl methyl sites for hydroxylation is 2. The van der Waals surface area contributed by atoms with Gasteiger partial charge in [0.15, 0.2) is 11.5 Å². The molecule has 2 N–H and O–H groups in total. The van der Waals surface area contributed by atoms with Gasteiger partial charge in [-0.05, 0) is 97.7 Å². The van der Waals surface area contributed by atoms with Crippen molar-refractivity contribution in [1.82, 2.24) is 19.7 Å². The Labute approximate surface area is 297 Å². The van der Waals surface area contributed by atoms with E-state index in [0.717, 1.165) is 49.4 Å². The molecule has 1 spiro atoms. The number of nitrogens with one attached hydrogen (secondary N) is 1. The molecule has 2 aromatic heterocycles. The highest BCUT2D eigenvalue weighted by Crippen LogP contribution is 2.47. The van der Waals surface area contributed by atoms with E-state index in [1.54, 1.807) is 24.0 Å². The molecular formula is C37H42ClN7O4S. The van der Waals surface area contributed by atoms with Crippen molar-refractivity contribution in [2.75, 3.05) is 35.1 Å². The lowest BCUT2D eigenvalue weighted by atomic mass is 9.68. The number of hydrogen-bond donors (Lipinski definition) is 2. The van der Waals surface area contributed by atoms with Crippen molar-refractivity contribution in [3.05, 3.63) is 82.8 Å². The van der Waals surface area contributed by atoms with E-state index in [-0.39, 0.29) is 28.9 Å². The molecular weight excluding hydrogens is 674 g/mol. The molecule has 1 unspecified atom stereocenters. The SMILES string of the molecule is C[C@H]1C/C=C/[C@H](O)[C@@H]2CC[C@H]2CN2C[C@@]3(CCCc4cc(Cl)ccc43)COc3ccc(cc32)C(=O)N=S(=O)(Nc2ncnc3nn(C)cc23)C1. The van der Waals surface area contributed by atoms with Crippen LogP contribution in [0.4, 0.5) is 11.5 Å². The first-order valence-corrected chi connectivity index (χ1v) is 19.5. The van der Waals surface area contributed by atoms with E-state index in [1.807, 2.05) is 37.3 Å². The minimum atomic E-state index is -3.38. The summed E-state index contributed by atoms with van der Waals surface area (Å²) in [5.41, 5.74) is 3.84. The summed E-state index contributed by atoms with van der Waals surface area (Å²) < 4.78 is 30.4. The van der Waals surface area contributed by atoms with Crippen LogP contribution in [0.1, 0.15) is 60.5 Å².